The molecule has 11 heavy (non-hydrogen) atoms. The number of ether oxygens (including phenoxy) is 1. The molecular weight excluding hydrogens is 146 g/mol. The van der Waals surface area contributed by atoms with Crippen molar-refractivity contribution in [2.45, 2.75) is 0 Å². The van der Waals surface area contributed by atoms with Crippen molar-refractivity contribution >= 4 is 18.1 Å². The molecule has 0 saturated heterocycles. The first-order chi connectivity index (χ1) is 5.27. The molecule has 1 amide bonds. The van der Waals surface area contributed by atoms with Crippen molar-refractivity contribution in [3.05, 3.63) is 0 Å². The second kappa shape index (κ2) is 2.92. The van der Waals surface area contributed by atoms with Gasteiger partial charge in [0, 0.05) is 6.21 Å². The van der Waals surface area contributed by atoms with Gasteiger partial charge in [0.25, 0.3) is 5.91 Å². The highest BCUT2D eigenvalue weighted by atomic mass is 16.5. The van der Waals surface area contributed by atoms with Gasteiger partial charge in [-0.15, -0.1) is 0 Å². The third-order valence-corrected chi connectivity index (χ3v) is 1.13. The van der Waals surface area contributed by atoms with Gasteiger partial charge in [-0.1, -0.05) is 0 Å². The number of rotatable bonds is 0. The van der Waals surface area contributed by atoms with Crippen molar-refractivity contribution in [3.8, 4) is 6.07 Å². The lowest BCUT2D eigenvalue weighted by Gasteiger charge is -2.04. The van der Waals surface area contributed by atoms with Crippen LogP contribution in [0.15, 0.2) is 9.98 Å². The summed E-state index contributed by atoms with van der Waals surface area (Å²) in [5.74, 6) is -1.38. The van der Waals surface area contributed by atoms with Gasteiger partial charge >= 0.3 is 6.02 Å². The van der Waals surface area contributed by atoms with Gasteiger partial charge in [-0.3, -0.25) is 4.79 Å². The van der Waals surface area contributed by atoms with Crippen LogP contribution in [0.2, 0.25) is 0 Å². The van der Waals surface area contributed by atoms with Crippen LogP contribution in [-0.4, -0.2) is 25.3 Å². The zero-order valence-electron chi connectivity index (χ0n) is 5.81. The Bertz CT molecular complexity index is 274. The number of carbonyl (C=O) groups is 1. The average molecular weight is 151 g/mol. The van der Waals surface area contributed by atoms with E-state index in [1.54, 1.807) is 6.07 Å². The molecule has 1 heterocycles. The van der Waals surface area contributed by atoms with Crippen LogP contribution in [0.25, 0.3) is 0 Å². The van der Waals surface area contributed by atoms with Gasteiger partial charge in [0.2, 0.25) is 0 Å². The number of nitriles is 1. The highest BCUT2D eigenvalue weighted by molar-refractivity contribution is 6.08. The minimum atomic E-state index is -0.853. The molecule has 1 rings (SSSR count). The molecule has 0 fully saturated rings. The summed E-state index contributed by atoms with van der Waals surface area (Å²) < 4.78 is 4.58. The lowest BCUT2D eigenvalue weighted by molar-refractivity contribution is -0.118. The van der Waals surface area contributed by atoms with Crippen molar-refractivity contribution in [2.24, 2.45) is 15.9 Å². The number of amides is 1. The summed E-state index contributed by atoms with van der Waals surface area (Å²) in [7, 11) is 1.36. The van der Waals surface area contributed by atoms with Gasteiger partial charge in [0.1, 0.15) is 0 Å². The summed E-state index contributed by atoms with van der Waals surface area (Å²) >= 11 is 0. The zero-order valence-corrected chi connectivity index (χ0v) is 5.81. The summed E-state index contributed by atoms with van der Waals surface area (Å²) in [6.45, 7) is 0. The lowest BCUT2D eigenvalue weighted by atomic mass is 10.2. The molecule has 0 aromatic carbocycles. The molecule has 1 aliphatic rings. The van der Waals surface area contributed by atoms with E-state index in [0.717, 1.165) is 0 Å². The maximum atomic E-state index is 10.8. The van der Waals surface area contributed by atoms with E-state index in [4.69, 9.17) is 5.26 Å². The Labute approximate surface area is 63.0 Å². The fourth-order valence-electron chi connectivity index (χ4n) is 0.582. The number of methoxy groups -OCH3 is 1. The molecule has 0 N–H and O–H groups in total. The van der Waals surface area contributed by atoms with Crippen molar-refractivity contribution in [2.75, 3.05) is 7.11 Å². The Morgan fingerprint density at radius 1 is 1.82 bits per heavy atom. The van der Waals surface area contributed by atoms with Crippen molar-refractivity contribution in [3.63, 3.8) is 0 Å². The third kappa shape index (κ3) is 1.41. The lowest BCUT2D eigenvalue weighted by Crippen LogP contribution is -2.19. The second-order valence-corrected chi connectivity index (χ2v) is 1.82. The van der Waals surface area contributed by atoms with Crippen LogP contribution in [0.3, 0.4) is 0 Å². The molecule has 1 unspecified atom stereocenters. The van der Waals surface area contributed by atoms with E-state index in [1.165, 1.54) is 13.3 Å². The van der Waals surface area contributed by atoms with Gasteiger partial charge in [0.05, 0.1) is 13.2 Å². The van der Waals surface area contributed by atoms with Crippen LogP contribution in [-0.2, 0) is 9.53 Å². The van der Waals surface area contributed by atoms with Crippen molar-refractivity contribution < 1.29 is 9.53 Å². The molecule has 0 aliphatic carbocycles. The van der Waals surface area contributed by atoms with Crippen LogP contribution in [0, 0.1) is 17.2 Å². The Hall–Kier alpha value is -1.70. The van der Waals surface area contributed by atoms with E-state index >= 15 is 0 Å². The van der Waals surface area contributed by atoms with Crippen LogP contribution in [0.4, 0.5) is 0 Å². The summed E-state index contributed by atoms with van der Waals surface area (Å²) in [5, 5.41) is 8.35. The first-order valence-electron chi connectivity index (χ1n) is 2.88. The molecule has 1 atom stereocenters. The monoisotopic (exact) mass is 151 g/mol. The predicted molar refractivity (Wildman–Crippen MR) is 37.0 cm³/mol. The first-order valence-corrected chi connectivity index (χ1v) is 2.88. The summed E-state index contributed by atoms with van der Waals surface area (Å²) in [6, 6.07) is 1.74. The standard InChI is InChI=1S/C6H5N3O2/c1-11-6-8-3-4(2-7)5(10)9-6/h3-4H,1H3. The molecule has 0 aromatic heterocycles. The SMILES string of the molecule is COC1=NC(=O)C(C#N)C=N1. The number of hydrogen-bond acceptors (Lipinski definition) is 4. The quantitative estimate of drug-likeness (QED) is 0.478. The largest absolute Gasteiger partial charge is 0.467 e. The number of amidine groups is 1. The van der Waals surface area contributed by atoms with E-state index in [0.29, 0.717) is 0 Å². The van der Waals surface area contributed by atoms with Gasteiger partial charge < -0.3 is 4.74 Å². The van der Waals surface area contributed by atoms with E-state index < -0.39 is 11.8 Å². The predicted octanol–water partition coefficient (Wildman–Crippen LogP) is -0.260. The molecule has 0 spiro atoms. The number of carbonyl (C=O) groups excluding carboxylic acids is 1. The van der Waals surface area contributed by atoms with Gasteiger partial charge in [-0.2, -0.15) is 10.3 Å². The van der Waals surface area contributed by atoms with E-state index in [-0.39, 0.29) is 6.02 Å². The van der Waals surface area contributed by atoms with Gasteiger partial charge in [-0.05, 0) is 0 Å². The Morgan fingerprint density at radius 2 is 2.55 bits per heavy atom. The molecule has 1 aliphatic heterocycles. The van der Waals surface area contributed by atoms with Crippen molar-refractivity contribution in [1.82, 2.24) is 0 Å². The fraction of sp³-hybridized carbons (Fsp3) is 0.333. The van der Waals surface area contributed by atoms with Gasteiger partial charge in [0.15, 0.2) is 5.92 Å². The molecule has 5 heteroatoms. The molecule has 0 bridgehead atoms. The minimum absolute atomic E-state index is 0.00139. The van der Waals surface area contributed by atoms with Crippen LogP contribution in [0.1, 0.15) is 0 Å². The van der Waals surface area contributed by atoms with Crippen LogP contribution < -0.4 is 0 Å². The minimum Gasteiger partial charge on any atom is -0.467 e. The maximum Gasteiger partial charge on any atom is 0.319 e. The Kier molecular flexibility index (Phi) is 1.97. The highest BCUT2D eigenvalue weighted by Crippen LogP contribution is 2.01. The summed E-state index contributed by atoms with van der Waals surface area (Å²) in [6.07, 6.45) is 1.22. The Morgan fingerprint density at radius 3 is 3.00 bits per heavy atom. The van der Waals surface area contributed by atoms with E-state index in [1.807, 2.05) is 0 Å². The van der Waals surface area contributed by atoms with E-state index in [2.05, 4.69) is 14.7 Å². The smallest absolute Gasteiger partial charge is 0.319 e. The summed E-state index contributed by atoms with van der Waals surface area (Å²) in [5.41, 5.74) is 0. The molecule has 56 valence electrons. The second-order valence-electron chi connectivity index (χ2n) is 1.82. The first kappa shape index (κ1) is 7.41. The number of aliphatic imine (C=N–C) groups is 2. The number of hydrogen-bond donors (Lipinski definition) is 0. The highest BCUT2D eigenvalue weighted by Gasteiger charge is 2.19. The molecule has 5 nitrogen and oxygen atoms in total. The zero-order chi connectivity index (χ0) is 8.27. The molecular formula is C6H5N3O2. The maximum absolute atomic E-state index is 10.8. The topological polar surface area (TPSA) is 74.8 Å². The fourth-order valence-corrected chi connectivity index (χ4v) is 0.582. The van der Waals surface area contributed by atoms with Crippen molar-refractivity contribution in [1.29, 1.82) is 5.26 Å². The molecule has 0 radical (unpaired) electrons. The molecule has 0 saturated carbocycles. The van der Waals surface area contributed by atoms with E-state index in [9.17, 15) is 4.79 Å². The Balaban J connectivity index is 2.81. The third-order valence-electron chi connectivity index (χ3n) is 1.13. The number of nitrogens with zero attached hydrogens (tertiary/aromatic N) is 3. The summed E-state index contributed by atoms with van der Waals surface area (Å²) in [4.78, 5) is 17.8. The normalized spacial score (nSPS) is 22.4. The van der Waals surface area contributed by atoms with Crippen LogP contribution in [0.5, 0.6) is 0 Å². The van der Waals surface area contributed by atoms with Crippen LogP contribution >= 0.6 is 0 Å². The van der Waals surface area contributed by atoms with Gasteiger partial charge in [-0.25, -0.2) is 4.99 Å². The molecule has 0 aromatic rings. The average Bonchev–Trinajstić information content (AvgIpc) is 2.04.